The zero-order valence-electron chi connectivity index (χ0n) is 13.4. The number of nitrogens with one attached hydrogen (secondary N) is 1. The number of amides is 3. The Balaban J connectivity index is 2.72. The second-order valence-electron chi connectivity index (χ2n) is 5.40. The number of carboxylic acids is 1. The predicted octanol–water partition coefficient (Wildman–Crippen LogP) is 2.26. The van der Waals surface area contributed by atoms with E-state index in [0.29, 0.717) is 15.3 Å². The van der Waals surface area contributed by atoms with E-state index < -0.39 is 35.6 Å². The Hall–Kier alpha value is -2.60. The van der Waals surface area contributed by atoms with E-state index in [1.54, 1.807) is 25.3 Å². The number of nitrogens with zero attached hydrogens (tertiary/aromatic N) is 2. The maximum atomic E-state index is 12.4. The summed E-state index contributed by atoms with van der Waals surface area (Å²) in [6, 6.07) is 0.506. The summed E-state index contributed by atoms with van der Waals surface area (Å²) in [6.07, 6.45) is -0.986. The number of carboxylic acid groups (broad SMARTS) is 1. The monoisotopic (exact) mass is 351 g/mol. The summed E-state index contributed by atoms with van der Waals surface area (Å²) >= 11 is 1.19. The number of imide groups is 1. The lowest BCUT2D eigenvalue weighted by molar-refractivity contribution is -0.151. The smallest absolute Gasteiger partial charge is 0.418 e. The van der Waals surface area contributed by atoms with Gasteiger partial charge in [0.1, 0.15) is 6.04 Å². The van der Waals surface area contributed by atoms with E-state index in [1.165, 1.54) is 18.3 Å². The third-order valence-corrected chi connectivity index (χ3v) is 5.16. The molecule has 1 aliphatic heterocycles. The number of aliphatic carboxylic acids is 1. The number of carbonyl (C=O) groups excluding carboxylic acids is 2. The molecule has 2 N–H and O–H groups in total. The topological polar surface area (TPSA) is 120 Å². The minimum absolute atomic E-state index is 0.0148. The lowest BCUT2D eigenvalue weighted by Gasteiger charge is -2.45. The zero-order valence-corrected chi connectivity index (χ0v) is 14.2. The molecule has 0 aliphatic carbocycles. The molecular formula is C15H17N3O5S. The molecule has 8 nitrogen and oxygen atoms in total. The molecule has 2 rings (SSSR count). The third-order valence-electron chi connectivity index (χ3n) is 4.08. The number of urea groups is 1. The molecule has 3 unspecified atom stereocenters. The molecule has 1 aromatic rings. The molecule has 24 heavy (non-hydrogen) atoms. The SMILES string of the molecule is CCOC(=O)N1C(=O)NC(C)C(C#N)(C(=O)O)C1c1sccc1C. The van der Waals surface area contributed by atoms with Crippen LogP contribution in [0.1, 0.15) is 30.3 Å². The lowest BCUT2D eigenvalue weighted by atomic mass is 9.72. The van der Waals surface area contributed by atoms with E-state index in [9.17, 15) is 24.8 Å². The maximum Gasteiger partial charge on any atom is 0.418 e. The first-order valence-electron chi connectivity index (χ1n) is 7.26. The average molecular weight is 351 g/mol. The van der Waals surface area contributed by atoms with Gasteiger partial charge in [-0.15, -0.1) is 11.3 Å². The number of aryl methyl sites for hydroxylation is 1. The highest BCUT2D eigenvalue weighted by molar-refractivity contribution is 7.10. The van der Waals surface area contributed by atoms with Crippen molar-refractivity contribution in [2.24, 2.45) is 5.41 Å². The van der Waals surface area contributed by atoms with E-state index in [4.69, 9.17) is 4.74 Å². The van der Waals surface area contributed by atoms with Crippen molar-refractivity contribution < 1.29 is 24.2 Å². The van der Waals surface area contributed by atoms with E-state index in [1.807, 2.05) is 6.07 Å². The number of rotatable bonds is 3. The van der Waals surface area contributed by atoms with Crippen LogP contribution < -0.4 is 5.32 Å². The third kappa shape index (κ3) is 2.49. The Morgan fingerprint density at radius 1 is 1.58 bits per heavy atom. The van der Waals surface area contributed by atoms with E-state index in [-0.39, 0.29) is 6.61 Å². The summed E-state index contributed by atoms with van der Waals surface area (Å²) < 4.78 is 4.90. The van der Waals surface area contributed by atoms with Gasteiger partial charge in [0, 0.05) is 4.88 Å². The van der Waals surface area contributed by atoms with Crippen LogP contribution in [-0.4, -0.2) is 40.7 Å². The predicted molar refractivity (Wildman–Crippen MR) is 84.3 cm³/mol. The number of nitriles is 1. The first-order chi connectivity index (χ1) is 11.3. The molecule has 2 heterocycles. The molecule has 0 spiro atoms. The Labute approximate surface area is 142 Å². The van der Waals surface area contributed by atoms with Gasteiger partial charge in [-0.2, -0.15) is 5.26 Å². The first-order valence-corrected chi connectivity index (χ1v) is 8.14. The fourth-order valence-electron chi connectivity index (χ4n) is 2.80. The second-order valence-corrected chi connectivity index (χ2v) is 6.34. The molecular weight excluding hydrogens is 334 g/mol. The molecule has 1 fully saturated rings. The van der Waals surface area contributed by atoms with Gasteiger partial charge in [-0.25, -0.2) is 14.5 Å². The second kappa shape index (κ2) is 6.49. The van der Waals surface area contributed by atoms with Crippen molar-refractivity contribution >= 4 is 29.4 Å². The molecule has 3 atom stereocenters. The Bertz CT molecular complexity index is 717. The minimum Gasteiger partial charge on any atom is -0.480 e. The molecule has 0 bridgehead atoms. The van der Waals surface area contributed by atoms with Crippen molar-refractivity contribution in [3.63, 3.8) is 0 Å². The highest BCUT2D eigenvalue weighted by Crippen LogP contribution is 2.47. The number of carbonyl (C=O) groups is 3. The van der Waals surface area contributed by atoms with Crippen molar-refractivity contribution in [2.45, 2.75) is 32.9 Å². The van der Waals surface area contributed by atoms with Crippen LogP contribution in [-0.2, 0) is 9.53 Å². The van der Waals surface area contributed by atoms with Crippen LogP contribution in [0.15, 0.2) is 11.4 Å². The standard InChI is InChI=1S/C15H17N3O5S/c1-4-23-14(22)18-11(10-8(2)5-6-24-10)15(7-16,12(19)20)9(3)17-13(18)21/h5-6,9,11H,4H2,1-3H3,(H,17,21)(H,19,20). The maximum absolute atomic E-state index is 12.4. The van der Waals surface area contributed by atoms with Gasteiger partial charge in [-0.3, -0.25) is 4.79 Å². The first kappa shape index (κ1) is 17.7. The van der Waals surface area contributed by atoms with Crippen LogP contribution in [0, 0.1) is 23.7 Å². The minimum atomic E-state index is -2.03. The largest absolute Gasteiger partial charge is 0.480 e. The summed E-state index contributed by atoms with van der Waals surface area (Å²) in [5, 5.41) is 23.6. The van der Waals surface area contributed by atoms with Crippen LogP contribution in [0.2, 0.25) is 0 Å². The van der Waals surface area contributed by atoms with Gasteiger partial charge in [0.25, 0.3) is 0 Å². The zero-order chi connectivity index (χ0) is 18.1. The van der Waals surface area contributed by atoms with E-state index in [0.717, 1.165) is 0 Å². The van der Waals surface area contributed by atoms with Crippen LogP contribution in [0.3, 0.4) is 0 Å². The molecule has 1 aliphatic rings. The van der Waals surface area contributed by atoms with Crippen molar-refractivity contribution in [2.75, 3.05) is 6.61 Å². The molecule has 3 amide bonds. The highest BCUT2D eigenvalue weighted by Gasteiger charge is 2.61. The summed E-state index contributed by atoms with van der Waals surface area (Å²) in [7, 11) is 0. The quantitative estimate of drug-likeness (QED) is 0.862. The molecule has 1 saturated heterocycles. The lowest BCUT2D eigenvalue weighted by Crippen LogP contribution is -2.66. The number of ether oxygens (including phenoxy) is 1. The van der Waals surface area contributed by atoms with Gasteiger partial charge in [0.05, 0.1) is 18.7 Å². The molecule has 0 saturated carbocycles. The number of thiophene rings is 1. The molecule has 128 valence electrons. The van der Waals surface area contributed by atoms with Crippen molar-refractivity contribution in [3.05, 3.63) is 21.9 Å². The summed E-state index contributed by atoms with van der Waals surface area (Å²) in [6.45, 7) is 4.76. The summed E-state index contributed by atoms with van der Waals surface area (Å²) in [4.78, 5) is 37.9. The number of hydrogen-bond acceptors (Lipinski definition) is 6. The fourth-order valence-corrected chi connectivity index (χ4v) is 3.90. The van der Waals surface area contributed by atoms with Gasteiger partial charge in [0.15, 0.2) is 5.41 Å². The van der Waals surface area contributed by atoms with Crippen molar-refractivity contribution in [3.8, 4) is 6.07 Å². The molecule has 0 radical (unpaired) electrons. The Morgan fingerprint density at radius 2 is 2.25 bits per heavy atom. The molecule has 1 aromatic heterocycles. The molecule has 0 aromatic carbocycles. The summed E-state index contributed by atoms with van der Waals surface area (Å²) in [5.74, 6) is -1.41. The normalized spacial score (nSPS) is 26.4. The van der Waals surface area contributed by atoms with Gasteiger partial charge in [0.2, 0.25) is 0 Å². The van der Waals surface area contributed by atoms with Crippen LogP contribution in [0.25, 0.3) is 0 Å². The van der Waals surface area contributed by atoms with Crippen LogP contribution in [0.5, 0.6) is 0 Å². The fraction of sp³-hybridized carbons (Fsp3) is 0.467. The highest BCUT2D eigenvalue weighted by atomic mass is 32.1. The van der Waals surface area contributed by atoms with Gasteiger partial charge >= 0.3 is 18.1 Å². The van der Waals surface area contributed by atoms with Crippen LogP contribution >= 0.6 is 11.3 Å². The summed E-state index contributed by atoms with van der Waals surface area (Å²) in [5.41, 5.74) is -1.34. The van der Waals surface area contributed by atoms with E-state index >= 15 is 0 Å². The Morgan fingerprint density at radius 3 is 2.71 bits per heavy atom. The van der Waals surface area contributed by atoms with Gasteiger partial charge < -0.3 is 15.2 Å². The van der Waals surface area contributed by atoms with Gasteiger partial charge in [-0.1, -0.05) is 0 Å². The molecule has 9 heteroatoms. The van der Waals surface area contributed by atoms with Gasteiger partial charge in [-0.05, 0) is 37.8 Å². The van der Waals surface area contributed by atoms with Crippen molar-refractivity contribution in [1.82, 2.24) is 10.2 Å². The van der Waals surface area contributed by atoms with Crippen molar-refractivity contribution in [1.29, 1.82) is 5.26 Å². The number of hydrogen-bond donors (Lipinski definition) is 2. The average Bonchev–Trinajstić information content (AvgIpc) is 2.92. The van der Waals surface area contributed by atoms with Crippen LogP contribution in [0.4, 0.5) is 9.59 Å². The Kier molecular flexibility index (Phi) is 4.80. The van der Waals surface area contributed by atoms with E-state index in [2.05, 4.69) is 5.32 Å².